The van der Waals surface area contributed by atoms with Gasteiger partial charge < -0.3 is 0 Å². The fourth-order valence-corrected chi connectivity index (χ4v) is 2.38. The van der Waals surface area contributed by atoms with Crippen LogP contribution in [0.2, 0.25) is 5.02 Å². The molecule has 0 aliphatic carbocycles. The van der Waals surface area contributed by atoms with Gasteiger partial charge in [0.05, 0.1) is 10.5 Å². The Morgan fingerprint density at radius 3 is 2.47 bits per heavy atom. The van der Waals surface area contributed by atoms with E-state index < -0.39 is 0 Å². The normalized spacial score (nSPS) is 12.4. The minimum atomic E-state index is -0.286. The monoisotopic (exact) mass is 342 g/mol. The highest BCUT2D eigenvalue weighted by Gasteiger charge is 2.12. The fourth-order valence-electron chi connectivity index (χ4n) is 1.86. The summed E-state index contributed by atoms with van der Waals surface area (Å²) in [6, 6.07) is 12.4. The van der Waals surface area contributed by atoms with Crippen LogP contribution in [0, 0.1) is 5.82 Å². The van der Waals surface area contributed by atoms with Gasteiger partial charge in [-0.2, -0.15) is 0 Å². The van der Waals surface area contributed by atoms with Crippen LogP contribution in [0.15, 0.2) is 46.9 Å². The summed E-state index contributed by atoms with van der Waals surface area (Å²) in [4.78, 5) is 0. The Labute approximate surface area is 124 Å². The maximum atomic E-state index is 13.2. The van der Waals surface area contributed by atoms with Crippen molar-refractivity contribution in [1.29, 1.82) is 0 Å². The molecule has 2 nitrogen and oxygen atoms in total. The van der Waals surface area contributed by atoms with Gasteiger partial charge in [0.2, 0.25) is 0 Å². The maximum absolute atomic E-state index is 13.2. The van der Waals surface area contributed by atoms with E-state index in [1.807, 2.05) is 24.3 Å². The second kappa shape index (κ2) is 6.48. The van der Waals surface area contributed by atoms with E-state index in [0.717, 1.165) is 11.1 Å². The highest BCUT2D eigenvalue weighted by molar-refractivity contribution is 9.10. The van der Waals surface area contributed by atoms with E-state index in [-0.39, 0.29) is 11.9 Å². The average Bonchev–Trinajstić information content (AvgIpc) is 2.41. The molecule has 2 aromatic carbocycles. The molecule has 0 saturated carbocycles. The topological polar surface area (TPSA) is 38.0 Å². The third-order valence-corrected chi connectivity index (χ3v) is 3.76. The van der Waals surface area contributed by atoms with Gasteiger partial charge in [-0.15, -0.1) is 0 Å². The van der Waals surface area contributed by atoms with Crippen molar-refractivity contribution in [3.05, 3.63) is 68.9 Å². The zero-order chi connectivity index (χ0) is 13.8. The first kappa shape index (κ1) is 14.5. The molecule has 0 bridgehead atoms. The summed E-state index contributed by atoms with van der Waals surface area (Å²) in [5.74, 6) is 5.30. The van der Waals surface area contributed by atoms with Crippen molar-refractivity contribution < 1.29 is 4.39 Å². The minimum absolute atomic E-state index is 0.0851. The van der Waals surface area contributed by atoms with E-state index >= 15 is 0 Å². The van der Waals surface area contributed by atoms with Crippen LogP contribution in [-0.2, 0) is 6.42 Å². The quantitative estimate of drug-likeness (QED) is 0.651. The summed E-state index contributed by atoms with van der Waals surface area (Å²) in [6.07, 6.45) is 0.700. The lowest BCUT2D eigenvalue weighted by Crippen LogP contribution is -2.29. The van der Waals surface area contributed by atoms with Gasteiger partial charge >= 0.3 is 0 Å². The highest BCUT2D eigenvalue weighted by Crippen LogP contribution is 2.24. The van der Waals surface area contributed by atoms with Crippen molar-refractivity contribution in [2.24, 2.45) is 5.84 Å². The Kier molecular flexibility index (Phi) is 4.93. The molecule has 0 fully saturated rings. The largest absolute Gasteiger partial charge is 0.271 e. The Balaban J connectivity index is 2.19. The Hall–Kier alpha value is -0.940. The molecule has 0 amide bonds. The second-order valence-corrected chi connectivity index (χ2v) is 5.51. The van der Waals surface area contributed by atoms with E-state index in [2.05, 4.69) is 21.4 Å². The lowest BCUT2D eigenvalue weighted by atomic mass is 9.99. The minimum Gasteiger partial charge on any atom is -0.271 e. The third kappa shape index (κ3) is 3.76. The van der Waals surface area contributed by atoms with Crippen molar-refractivity contribution in [1.82, 2.24) is 5.43 Å². The van der Waals surface area contributed by atoms with Gasteiger partial charge in [0.15, 0.2) is 0 Å². The Bertz CT molecular complexity index is 560. The van der Waals surface area contributed by atoms with Crippen LogP contribution in [-0.4, -0.2) is 0 Å². The van der Waals surface area contributed by atoms with Crippen molar-refractivity contribution in [2.45, 2.75) is 12.5 Å². The molecular formula is C14H13BrClFN2. The van der Waals surface area contributed by atoms with Crippen LogP contribution in [0.3, 0.4) is 0 Å². The van der Waals surface area contributed by atoms with E-state index in [0.29, 0.717) is 15.9 Å². The summed E-state index contributed by atoms with van der Waals surface area (Å²) < 4.78 is 13.7. The predicted octanol–water partition coefficient (Wildman–Crippen LogP) is 3.99. The number of hydrogen-bond donors (Lipinski definition) is 2. The molecule has 0 spiro atoms. The molecule has 100 valence electrons. The van der Waals surface area contributed by atoms with E-state index in [4.69, 9.17) is 17.4 Å². The van der Waals surface area contributed by atoms with Crippen LogP contribution < -0.4 is 11.3 Å². The molecule has 0 radical (unpaired) electrons. The van der Waals surface area contributed by atoms with Crippen molar-refractivity contribution in [3.63, 3.8) is 0 Å². The molecule has 0 aliphatic rings. The molecule has 0 heterocycles. The highest BCUT2D eigenvalue weighted by atomic mass is 79.9. The smallest absolute Gasteiger partial charge is 0.137 e. The van der Waals surface area contributed by atoms with Gasteiger partial charge in [-0.1, -0.05) is 29.8 Å². The van der Waals surface area contributed by atoms with Crippen LogP contribution in [0.1, 0.15) is 17.2 Å². The number of rotatable bonds is 4. The third-order valence-electron chi connectivity index (χ3n) is 2.90. The lowest BCUT2D eigenvalue weighted by molar-refractivity contribution is 0.548. The molecule has 0 aromatic heterocycles. The molecule has 1 unspecified atom stereocenters. The van der Waals surface area contributed by atoms with E-state index in [1.165, 1.54) is 6.07 Å². The molecular weight excluding hydrogens is 331 g/mol. The van der Waals surface area contributed by atoms with Crippen LogP contribution in [0.5, 0.6) is 0 Å². The molecule has 0 saturated heterocycles. The summed E-state index contributed by atoms with van der Waals surface area (Å²) in [7, 11) is 0. The van der Waals surface area contributed by atoms with Gasteiger partial charge in [-0.3, -0.25) is 11.3 Å². The molecule has 0 aliphatic heterocycles. The van der Waals surface area contributed by atoms with Crippen LogP contribution in [0.4, 0.5) is 4.39 Å². The molecule has 19 heavy (non-hydrogen) atoms. The van der Waals surface area contributed by atoms with Crippen molar-refractivity contribution >= 4 is 27.5 Å². The van der Waals surface area contributed by atoms with Gasteiger partial charge in [0.25, 0.3) is 0 Å². The number of benzene rings is 2. The number of nitrogens with one attached hydrogen (secondary N) is 1. The van der Waals surface area contributed by atoms with Gasteiger partial charge in [-0.05, 0) is 57.7 Å². The first-order valence-corrected chi connectivity index (χ1v) is 6.93. The SMILES string of the molecule is NNC(Cc1ccc(Cl)cc1)c1ccc(F)c(Br)c1. The van der Waals surface area contributed by atoms with Crippen molar-refractivity contribution in [3.8, 4) is 0 Å². The number of halogens is 3. The fraction of sp³-hybridized carbons (Fsp3) is 0.143. The molecule has 3 N–H and O–H groups in total. The van der Waals surface area contributed by atoms with E-state index in [9.17, 15) is 4.39 Å². The summed E-state index contributed by atoms with van der Waals surface area (Å²) >= 11 is 9.03. The zero-order valence-corrected chi connectivity index (χ0v) is 12.4. The summed E-state index contributed by atoms with van der Waals surface area (Å²) in [6.45, 7) is 0. The first-order chi connectivity index (χ1) is 9.10. The first-order valence-electron chi connectivity index (χ1n) is 5.75. The summed E-state index contributed by atoms with van der Waals surface area (Å²) in [5.41, 5.74) is 4.78. The van der Waals surface area contributed by atoms with Crippen LogP contribution >= 0.6 is 27.5 Å². The molecule has 1 atom stereocenters. The maximum Gasteiger partial charge on any atom is 0.137 e. The van der Waals surface area contributed by atoms with Crippen LogP contribution in [0.25, 0.3) is 0 Å². The predicted molar refractivity (Wildman–Crippen MR) is 79.3 cm³/mol. The number of hydrogen-bond acceptors (Lipinski definition) is 2. The molecule has 5 heteroatoms. The van der Waals surface area contributed by atoms with Gasteiger partial charge in [0.1, 0.15) is 5.82 Å². The summed E-state index contributed by atoms with van der Waals surface area (Å²) in [5, 5.41) is 0.700. The molecule has 2 aromatic rings. The number of hydrazine groups is 1. The van der Waals surface area contributed by atoms with Crippen molar-refractivity contribution in [2.75, 3.05) is 0 Å². The van der Waals surface area contributed by atoms with E-state index in [1.54, 1.807) is 12.1 Å². The lowest BCUT2D eigenvalue weighted by Gasteiger charge is -2.17. The Morgan fingerprint density at radius 1 is 1.21 bits per heavy atom. The van der Waals surface area contributed by atoms with Gasteiger partial charge in [0, 0.05) is 5.02 Å². The average molecular weight is 344 g/mol. The zero-order valence-electron chi connectivity index (χ0n) is 10.0. The second-order valence-electron chi connectivity index (χ2n) is 4.22. The standard InChI is InChI=1S/C14H13BrClFN2/c15-12-8-10(3-6-13(12)17)14(19-18)7-9-1-4-11(16)5-2-9/h1-6,8,14,19H,7,18H2. The number of nitrogens with two attached hydrogens (primary N) is 1. The Morgan fingerprint density at radius 2 is 1.89 bits per heavy atom. The molecule has 2 rings (SSSR count). The van der Waals surface area contributed by atoms with Gasteiger partial charge in [-0.25, -0.2) is 4.39 Å².